The van der Waals surface area contributed by atoms with Crippen molar-refractivity contribution in [2.75, 3.05) is 18.8 Å². The number of aryl methyl sites for hydroxylation is 2. The Morgan fingerprint density at radius 2 is 1.68 bits per heavy atom. The van der Waals surface area contributed by atoms with Crippen LogP contribution in [0.1, 0.15) is 56.2 Å². The lowest BCUT2D eigenvalue weighted by Gasteiger charge is -2.24. The molecule has 22 heavy (non-hydrogen) atoms. The summed E-state index contributed by atoms with van der Waals surface area (Å²) in [6.45, 7) is 12.4. The van der Waals surface area contributed by atoms with E-state index in [9.17, 15) is 4.79 Å². The lowest BCUT2D eigenvalue weighted by molar-refractivity contribution is -0.138. The number of benzene rings is 1. The molecular weight excluding hydrogens is 276 g/mol. The van der Waals surface area contributed by atoms with Gasteiger partial charge in [0, 0.05) is 5.69 Å². The number of ether oxygens (including phenoxy) is 1. The summed E-state index contributed by atoms with van der Waals surface area (Å²) >= 11 is 0. The minimum absolute atomic E-state index is 0.318. The van der Waals surface area contributed by atoms with Crippen LogP contribution in [0.2, 0.25) is 0 Å². The molecule has 0 spiro atoms. The van der Waals surface area contributed by atoms with E-state index in [0.29, 0.717) is 6.47 Å². The van der Waals surface area contributed by atoms with E-state index in [0.717, 1.165) is 24.7 Å². The first kappa shape index (κ1) is 18.5. The number of piperidine rings is 1. The Bertz CT molecular complexity index is 463. The summed E-state index contributed by atoms with van der Waals surface area (Å²) in [6, 6.07) is 4.52. The topological polar surface area (TPSA) is 64.3 Å². The molecule has 0 aromatic heterocycles. The van der Waals surface area contributed by atoms with Crippen molar-refractivity contribution in [2.24, 2.45) is 0 Å². The molecule has 4 nitrogen and oxygen atoms in total. The second kappa shape index (κ2) is 8.18. The van der Waals surface area contributed by atoms with Crippen molar-refractivity contribution in [2.45, 2.75) is 59.0 Å². The summed E-state index contributed by atoms with van der Waals surface area (Å²) in [5, 5.41) is 3.40. The van der Waals surface area contributed by atoms with Gasteiger partial charge >= 0.3 is 0 Å². The number of anilines is 1. The predicted molar refractivity (Wildman–Crippen MR) is 92.1 cm³/mol. The summed E-state index contributed by atoms with van der Waals surface area (Å²) in [5.41, 5.74) is 10.5. The third kappa shape index (κ3) is 6.06. The monoisotopic (exact) mass is 306 g/mol. The van der Waals surface area contributed by atoms with Gasteiger partial charge in [0.25, 0.3) is 6.47 Å². The summed E-state index contributed by atoms with van der Waals surface area (Å²) < 4.78 is 4.55. The molecule has 2 rings (SSSR count). The van der Waals surface area contributed by atoms with Crippen molar-refractivity contribution >= 4 is 12.2 Å². The molecule has 1 aliphatic heterocycles. The zero-order valence-electron chi connectivity index (χ0n) is 14.5. The van der Waals surface area contributed by atoms with Crippen molar-refractivity contribution in [1.29, 1.82) is 0 Å². The lowest BCUT2D eigenvalue weighted by atomic mass is 9.88. The highest BCUT2D eigenvalue weighted by atomic mass is 16.5. The van der Waals surface area contributed by atoms with Gasteiger partial charge in [0.05, 0.1) is 0 Å². The van der Waals surface area contributed by atoms with E-state index in [1.165, 1.54) is 29.5 Å². The van der Waals surface area contributed by atoms with Gasteiger partial charge in [-0.3, -0.25) is 4.79 Å². The van der Waals surface area contributed by atoms with E-state index in [1.807, 2.05) is 20.8 Å². The van der Waals surface area contributed by atoms with E-state index < -0.39 is 0 Å². The zero-order valence-corrected chi connectivity index (χ0v) is 14.5. The van der Waals surface area contributed by atoms with Crippen molar-refractivity contribution in [3.8, 4) is 0 Å². The minimum Gasteiger partial charge on any atom is -0.462 e. The van der Waals surface area contributed by atoms with Crippen LogP contribution in [0, 0.1) is 13.8 Å². The highest BCUT2D eigenvalue weighted by Crippen LogP contribution is 2.29. The maximum atomic E-state index is 9.60. The largest absolute Gasteiger partial charge is 0.462 e. The van der Waals surface area contributed by atoms with Crippen LogP contribution in [-0.2, 0) is 9.53 Å². The van der Waals surface area contributed by atoms with Crippen LogP contribution in [0.4, 0.5) is 5.69 Å². The Labute approximate surface area is 134 Å². The van der Waals surface area contributed by atoms with Crippen LogP contribution in [-0.4, -0.2) is 25.2 Å². The first-order valence-corrected chi connectivity index (χ1v) is 7.93. The molecule has 0 bridgehead atoms. The highest BCUT2D eigenvalue weighted by Gasteiger charge is 2.16. The van der Waals surface area contributed by atoms with Gasteiger partial charge in [-0.1, -0.05) is 12.1 Å². The van der Waals surface area contributed by atoms with Crippen LogP contribution in [0.15, 0.2) is 12.1 Å². The van der Waals surface area contributed by atoms with Crippen molar-refractivity contribution in [3.05, 3.63) is 28.8 Å². The summed E-state index contributed by atoms with van der Waals surface area (Å²) in [6.07, 6.45) is 2.51. The summed E-state index contributed by atoms with van der Waals surface area (Å²) in [4.78, 5) is 9.60. The Kier molecular flexibility index (Phi) is 6.88. The van der Waals surface area contributed by atoms with E-state index in [1.54, 1.807) is 0 Å². The molecule has 1 heterocycles. The molecule has 0 aliphatic carbocycles. The van der Waals surface area contributed by atoms with Crippen LogP contribution in [0.25, 0.3) is 0 Å². The van der Waals surface area contributed by atoms with E-state index >= 15 is 0 Å². The Hall–Kier alpha value is -1.55. The van der Waals surface area contributed by atoms with Crippen LogP contribution in [0.5, 0.6) is 0 Å². The van der Waals surface area contributed by atoms with Gasteiger partial charge < -0.3 is 15.8 Å². The number of rotatable bonds is 2. The lowest BCUT2D eigenvalue weighted by Crippen LogP contribution is -2.26. The number of nitrogen functional groups attached to an aromatic ring is 1. The van der Waals surface area contributed by atoms with E-state index in [2.05, 4.69) is 36.0 Å². The van der Waals surface area contributed by atoms with E-state index in [4.69, 9.17) is 5.73 Å². The molecule has 0 amide bonds. The fourth-order valence-corrected chi connectivity index (χ4v) is 2.54. The number of carbonyl (C=O) groups is 1. The third-order valence-electron chi connectivity index (χ3n) is 3.83. The fraction of sp³-hybridized carbons (Fsp3) is 0.611. The van der Waals surface area contributed by atoms with Gasteiger partial charge in [-0.15, -0.1) is 0 Å². The first-order valence-electron chi connectivity index (χ1n) is 7.93. The number of hydrogen-bond donors (Lipinski definition) is 2. The molecule has 4 heteroatoms. The number of nitrogens with one attached hydrogen (secondary N) is 1. The quantitative estimate of drug-likeness (QED) is 0.650. The first-order chi connectivity index (χ1) is 10.2. The SMILES string of the molecule is CC(C)(C)OC=O.Cc1cc(C2CCNCC2)cc(C)c1N. The maximum Gasteiger partial charge on any atom is 0.293 e. The molecule has 0 radical (unpaired) electrons. The summed E-state index contributed by atoms with van der Waals surface area (Å²) in [5.74, 6) is 0.726. The van der Waals surface area contributed by atoms with Gasteiger partial charge in [0.1, 0.15) is 5.60 Å². The molecule has 124 valence electrons. The average Bonchev–Trinajstić information content (AvgIpc) is 2.44. The van der Waals surface area contributed by atoms with Crippen LogP contribution in [0.3, 0.4) is 0 Å². The minimum atomic E-state index is -0.318. The molecule has 1 aromatic carbocycles. The van der Waals surface area contributed by atoms with Gasteiger partial charge in [0.15, 0.2) is 0 Å². The second-order valence-electron chi connectivity index (χ2n) is 6.92. The third-order valence-corrected chi connectivity index (χ3v) is 3.83. The average molecular weight is 306 g/mol. The Morgan fingerprint density at radius 1 is 1.18 bits per heavy atom. The molecule has 1 aromatic rings. The molecule has 1 aliphatic rings. The molecule has 1 fully saturated rings. The maximum absolute atomic E-state index is 9.60. The van der Waals surface area contributed by atoms with E-state index in [-0.39, 0.29) is 5.60 Å². The molecule has 0 unspecified atom stereocenters. The standard InChI is InChI=1S/C13H20N2.C5H10O2/c1-9-7-12(8-10(2)13(9)14)11-3-5-15-6-4-11;1-5(2,3)7-4-6/h7-8,11,15H,3-6,14H2,1-2H3;4H,1-3H3. The molecule has 0 saturated carbocycles. The molecule has 1 saturated heterocycles. The second-order valence-corrected chi connectivity index (χ2v) is 6.92. The molecular formula is C18H30N2O2. The zero-order chi connectivity index (χ0) is 16.8. The normalized spacial score (nSPS) is 15.7. The molecule has 3 N–H and O–H groups in total. The van der Waals surface area contributed by atoms with Gasteiger partial charge in [0.2, 0.25) is 0 Å². The van der Waals surface area contributed by atoms with Crippen molar-refractivity contribution in [1.82, 2.24) is 5.32 Å². The van der Waals surface area contributed by atoms with Crippen LogP contribution >= 0.6 is 0 Å². The smallest absolute Gasteiger partial charge is 0.293 e. The van der Waals surface area contributed by atoms with Crippen LogP contribution < -0.4 is 11.1 Å². The van der Waals surface area contributed by atoms with Gasteiger partial charge in [-0.05, 0) is 83.2 Å². The van der Waals surface area contributed by atoms with Crippen molar-refractivity contribution < 1.29 is 9.53 Å². The van der Waals surface area contributed by atoms with Crippen molar-refractivity contribution in [3.63, 3.8) is 0 Å². The fourth-order valence-electron chi connectivity index (χ4n) is 2.54. The van der Waals surface area contributed by atoms with Gasteiger partial charge in [-0.25, -0.2) is 0 Å². The summed E-state index contributed by atoms with van der Waals surface area (Å²) in [7, 11) is 0. The highest BCUT2D eigenvalue weighted by molar-refractivity contribution is 5.54. The van der Waals surface area contributed by atoms with Gasteiger partial charge in [-0.2, -0.15) is 0 Å². The molecule has 0 atom stereocenters. The number of hydrogen-bond acceptors (Lipinski definition) is 4. The predicted octanol–water partition coefficient (Wildman–Crippen LogP) is 3.31. The Balaban J connectivity index is 0.000000295. The number of nitrogens with two attached hydrogens (primary N) is 1. The Morgan fingerprint density at radius 3 is 2.05 bits per heavy atom. The number of carbonyl (C=O) groups excluding carboxylic acids is 1.